The van der Waals surface area contributed by atoms with Crippen LogP contribution < -0.4 is 0 Å². The van der Waals surface area contributed by atoms with Crippen LogP contribution in [0.2, 0.25) is 0 Å². The molecule has 0 amide bonds. The van der Waals surface area contributed by atoms with Crippen LogP contribution in [0.4, 0.5) is 0 Å². The van der Waals surface area contributed by atoms with Crippen LogP contribution in [-0.2, 0) is 14.3 Å². The third kappa shape index (κ3) is 2.19. The Morgan fingerprint density at radius 3 is 2.47 bits per heavy atom. The average Bonchev–Trinajstić information content (AvgIpc) is 3.31. The van der Waals surface area contributed by atoms with Crippen LogP contribution in [0.25, 0.3) is 0 Å². The Labute approximate surface area is 181 Å². The summed E-state index contributed by atoms with van der Waals surface area (Å²) in [6.07, 6.45) is 11.9. The van der Waals surface area contributed by atoms with Crippen molar-refractivity contribution in [2.75, 3.05) is 7.11 Å². The van der Waals surface area contributed by atoms with Crippen molar-refractivity contribution >= 4 is 5.97 Å². The van der Waals surface area contributed by atoms with Gasteiger partial charge in [-0.15, -0.1) is 0 Å². The molecule has 0 aromatic heterocycles. The van der Waals surface area contributed by atoms with Crippen LogP contribution in [0.1, 0.15) is 85.0 Å². The summed E-state index contributed by atoms with van der Waals surface area (Å²) >= 11 is 0. The topological polar surface area (TPSA) is 55.8 Å². The molecule has 1 aliphatic heterocycles. The maximum absolute atomic E-state index is 12.1. The van der Waals surface area contributed by atoms with Crippen LogP contribution in [0.5, 0.6) is 0 Å². The van der Waals surface area contributed by atoms with Crippen molar-refractivity contribution in [1.29, 1.82) is 0 Å². The molecule has 5 saturated carbocycles. The maximum Gasteiger partial charge on any atom is 0.334 e. The number of rotatable bonds is 1. The molecule has 1 heterocycles. The minimum atomic E-state index is -0.349. The molecular formula is C26H40O4. The third-order valence-electron chi connectivity index (χ3n) is 12.0. The summed E-state index contributed by atoms with van der Waals surface area (Å²) in [6, 6.07) is 0. The van der Waals surface area contributed by atoms with Gasteiger partial charge in [-0.25, -0.2) is 4.79 Å². The van der Waals surface area contributed by atoms with E-state index >= 15 is 0 Å². The van der Waals surface area contributed by atoms with Gasteiger partial charge in [0.15, 0.2) is 6.10 Å². The summed E-state index contributed by atoms with van der Waals surface area (Å²) in [7, 11) is 1.48. The van der Waals surface area contributed by atoms with Gasteiger partial charge >= 0.3 is 5.97 Å². The molecule has 1 N–H and O–H groups in total. The lowest BCUT2D eigenvalue weighted by Gasteiger charge is -2.59. The van der Waals surface area contributed by atoms with Gasteiger partial charge in [-0.1, -0.05) is 20.8 Å². The van der Waals surface area contributed by atoms with E-state index in [4.69, 9.17) is 9.47 Å². The van der Waals surface area contributed by atoms with Crippen LogP contribution in [0, 0.1) is 45.3 Å². The summed E-state index contributed by atoms with van der Waals surface area (Å²) in [5.41, 5.74) is 1.48. The van der Waals surface area contributed by atoms with Crippen LogP contribution in [-0.4, -0.2) is 36.5 Å². The first-order valence-electron chi connectivity index (χ1n) is 12.6. The van der Waals surface area contributed by atoms with Gasteiger partial charge in [0, 0.05) is 0 Å². The maximum atomic E-state index is 12.1. The molecule has 2 spiro atoms. The van der Waals surface area contributed by atoms with E-state index in [-0.39, 0.29) is 29.7 Å². The molecule has 0 bridgehead atoms. The normalized spacial score (nSPS) is 57.8. The molecule has 4 nitrogen and oxygen atoms in total. The standard InChI is InChI=1S/C26H40O4/c1-23(2)20-8-6-15-17-13-19-16(5-7-18(30-19)22(28)29-4)24(17,3)11-12-25(15)14-26(20,25)10-9-21(23)27/h15-21,27H,5-14H2,1-4H3/t15?,16?,17?,18?,19?,20?,21-,24+,25-,26?/m0/s1. The minimum Gasteiger partial charge on any atom is -0.467 e. The Kier molecular flexibility index (Phi) is 4.03. The predicted octanol–water partition coefficient (Wildman–Crippen LogP) is 4.73. The van der Waals surface area contributed by atoms with E-state index in [1.165, 1.54) is 45.6 Å². The minimum absolute atomic E-state index is 0.0635. The van der Waals surface area contributed by atoms with Gasteiger partial charge in [0.05, 0.1) is 19.3 Å². The van der Waals surface area contributed by atoms with Gasteiger partial charge in [-0.2, -0.15) is 0 Å². The van der Waals surface area contributed by atoms with Gasteiger partial charge in [-0.05, 0) is 110 Å². The average molecular weight is 417 g/mol. The molecule has 6 fully saturated rings. The Morgan fingerprint density at radius 1 is 0.933 bits per heavy atom. The number of fused-ring (bicyclic) bond motifs is 4. The van der Waals surface area contributed by atoms with E-state index in [0.717, 1.165) is 37.5 Å². The number of hydrogen-bond acceptors (Lipinski definition) is 4. The Morgan fingerprint density at radius 2 is 1.70 bits per heavy atom. The number of esters is 1. The van der Waals surface area contributed by atoms with Gasteiger partial charge in [0.25, 0.3) is 0 Å². The van der Waals surface area contributed by atoms with Crippen molar-refractivity contribution in [2.45, 2.75) is 103 Å². The van der Waals surface area contributed by atoms with Crippen LogP contribution in [0.3, 0.4) is 0 Å². The quantitative estimate of drug-likeness (QED) is 0.628. The Balaban J connectivity index is 1.29. The highest BCUT2D eigenvalue weighted by molar-refractivity contribution is 5.74. The van der Waals surface area contributed by atoms with E-state index in [1.54, 1.807) is 0 Å². The summed E-state index contributed by atoms with van der Waals surface area (Å²) in [5, 5.41) is 10.8. The van der Waals surface area contributed by atoms with Crippen LogP contribution in [0.15, 0.2) is 0 Å². The first-order chi connectivity index (χ1) is 14.2. The molecule has 5 aliphatic carbocycles. The number of carbonyl (C=O) groups excluding carboxylic acids is 1. The van der Waals surface area contributed by atoms with Gasteiger partial charge in [-0.3, -0.25) is 0 Å². The molecule has 4 heteroatoms. The lowest BCUT2D eigenvalue weighted by molar-refractivity contribution is -0.168. The zero-order chi connectivity index (χ0) is 21.1. The fourth-order valence-electron chi connectivity index (χ4n) is 10.5. The number of carbonyl (C=O) groups is 1. The molecule has 1 saturated heterocycles. The second-order valence-corrected chi connectivity index (χ2v) is 12.8. The molecule has 168 valence electrons. The van der Waals surface area contributed by atoms with Crippen molar-refractivity contribution < 1.29 is 19.4 Å². The zero-order valence-electron chi connectivity index (χ0n) is 19.3. The Hall–Kier alpha value is -0.610. The Bertz CT molecular complexity index is 762. The highest BCUT2D eigenvalue weighted by atomic mass is 16.6. The summed E-state index contributed by atoms with van der Waals surface area (Å²) < 4.78 is 11.4. The first kappa shape index (κ1) is 20.0. The molecule has 0 radical (unpaired) electrons. The number of ether oxygens (including phenoxy) is 2. The smallest absolute Gasteiger partial charge is 0.334 e. The van der Waals surface area contributed by atoms with Gasteiger partial charge < -0.3 is 14.6 Å². The predicted molar refractivity (Wildman–Crippen MR) is 114 cm³/mol. The fourth-order valence-corrected chi connectivity index (χ4v) is 10.5. The van der Waals surface area contributed by atoms with E-state index < -0.39 is 0 Å². The van der Waals surface area contributed by atoms with Gasteiger partial charge in [0.2, 0.25) is 0 Å². The van der Waals surface area contributed by atoms with E-state index in [0.29, 0.717) is 28.1 Å². The number of aliphatic hydroxyl groups excluding tert-OH is 1. The second-order valence-electron chi connectivity index (χ2n) is 12.8. The highest BCUT2D eigenvalue weighted by Gasteiger charge is 2.80. The number of methoxy groups -OCH3 is 1. The summed E-state index contributed by atoms with van der Waals surface area (Å²) in [4.78, 5) is 12.1. The second kappa shape index (κ2) is 6.04. The van der Waals surface area contributed by atoms with Gasteiger partial charge in [0.1, 0.15) is 0 Å². The number of aliphatic hydroxyl groups is 1. The molecule has 30 heavy (non-hydrogen) atoms. The lowest BCUT2D eigenvalue weighted by atomic mass is 9.46. The molecule has 0 aromatic rings. The third-order valence-corrected chi connectivity index (χ3v) is 12.0. The van der Waals surface area contributed by atoms with E-state index in [2.05, 4.69) is 20.8 Å². The van der Waals surface area contributed by atoms with Crippen molar-refractivity contribution in [2.24, 2.45) is 45.3 Å². The highest BCUT2D eigenvalue weighted by Crippen LogP contribution is 2.87. The summed E-state index contributed by atoms with van der Waals surface area (Å²) in [5.74, 6) is 2.68. The molecule has 7 unspecified atom stereocenters. The van der Waals surface area contributed by atoms with Crippen LogP contribution >= 0.6 is 0 Å². The van der Waals surface area contributed by atoms with Crippen molar-refractivity contribution in [3.8, 4) is 0 Å². The van der Waals surface area contributed by atoms with E-state index in [1.807, 2.05) is 0 Å². The molecular weight excluding hydrogens is 376 g/mol. The van der Waals surface area contributed by atoms with E-state index in [9.17, 15) is 9.90 Å². The fraction of sp³-hybridized carbons (Fsp3) is 0.962. The van der Waals surface area contributed by atoms with Crippen molar-refractivity contribution in [3.05, 3.63) is 0 Å². The van der Waals surface area contributed by atoms with Crippen molar-refractivity contribution in [3.63, 3.8) is 0 Å². The summed E-state index contributed by atoms with van der Waals surface area (Å²) in [6.45, 7) is 7.24. The molecule has 6 aliphatic rings. The first-order valence-corrected chi connectivity index (χ1v) is 12.6. The molecule has 6 rings (SSSR count). The largest absolute Gasteiger partial charge is 0.467 e. The molecule has 10 atom stereocenters. The number of hydrogen-bond donors (Lipinski definition) is 1. The zero-order valence-corrected chi connectivity index (χ0v) is 19.3. The monoisotopic (exact) mass is 416 g/mol. The molecule has 0 aromatic carbocycles. The lowest BCUT2D eigenvalue weighted by Crippen LogP contribution is -2.54. The van der Waals surface area contributed by atoms with Crippen molar-refractivity contribution in [1.82, 2.24) is 0 Å². The SMILES string of the molecule is COC(=O)C1CCC2C(CC3C4CCC5C(C)(C)[C@@H](O)CCC56C[C@@]46CC[C@]23C)O1.